The molecule has 0 unspecified atom stereocenters. The molecule has 0 fully saturated rings. The van der Waals surface area contributed by atoms with Gasteiger partial charge in [-0.1, -0.05) is 46.3 Å². The van der Waals surface area contributed by atoms with Gasteiger partial charge < -0.3 is 15.4 Å². The lowest BCUT2D eigenvalue weighted by Gasteiger charge is -2.08. The number of hydrogen-bond donors (Lipinski definition) is 2. The van der Waals surface area contributed by atoms with Crippen LogP contribution in [0.25, 0.3) is 0 Å². The smallest absolute Gasteiger partial charge is 0.319 e. The molecule has 0 spiro atoms. The zero-order valence-corrected chi connectivity index (χ0v) is 14.9. The molecule has 2 N–H and O–H groups in total. The molecule has 0 saturated heterocycles. The summed E-state index contributed by atoms with van der Waals surface area (Å²) in [6, 6.07) is 15.4. The van der Waals surface area contributed by atoms with Crippen molar-refractivity contribution >= 4 is 39.4 Å². The molecule has 2 rings (SSSR count). The molecule has 2 amide bonds. The molecule has 0 aromatic heterocycles. The van der Waals surface area contributed by atoms with Crippen LogP contribution in [-0.2, 0) is 9.53 Å². The van der Waals surface area contributed by atoms with E-state index < -0.39 is 12.0 Å². The van der Waals surface area contributed by atoms with Crippen LogP contribution < -0.4 is 10.6 Å². The first-order valence-corrected chi connectivity index (χ1v) is 8.38. The van der Waals surface area contributed by atoms with E-state index in [4.69, 9.17) is 4.74 Å². The van der Waals surface area contributed by atoms with Crippen molar-refractivity contribution in [3.05, 3.63) is 64.6 Å². The molecule has 0 bridgehead atoms. The SMILES string of the molecule is O=C(NCCC(=O)OCC(=O)c1cccc(Br)c1)Nc1ccccc1. The van der Waals surface area contributed by atoms with E-state index in [9.17, 15) is 14.4 Å². The Morgan fingerprint density at radius 3 is 2.48 bits per heavy atom. The Kier molecular flexibility index (Phi) is 7.16. The first kappa shape index (κ1) is 18.7. The summed E-state index contributed by atoms with van der Waals surface area (Å²) < 4.78 is 5.70. The summed E-state index contributed by atoms with van der Waals surface area (Å²) in [5.74, 6) is -0.840. The van der Waals surface area contributed by atoms with Gasteiger partial charge in [0.05, 0.1) is 6.42 Å². The van der Waals surface area contributed by atoms with Crippen LogP contribution in [-0.4, -0.2) is 30.9 Å². The van der Waals surface area contributed by atoms with Crippen molar-refractivity contribution in [2.45, 2.75) is 6.42 Å². The number of Topliss-reactive ketones (excluding diaryl/α,β-unsaturated/α-hetero) is 1. The number of urea groups is 1. The van der Waals surface area contributed by atoms with E-state index in [-0.39, 0.29) is 25.4 Å². The number of nitrogens with one attached hydrogen (secondary N) is 2. The Bertz CT molecular complexity index is 750. The van der Waals surface area contributed by atoms with Gasteiger partial charge in [0.1, 0.15) is 0 Å². The van der Waals surface area contributed by atoms with Crippen molar-refractivity contribution < 1.29 is 19.1 Å². The van der Waals surface area contributed by atoms with E-state index in [1.165, 1.54) is 0 Å². The third-order valence-electron chi connectivity index (χ3n) is 3.16. The highest BCUT2D eigenvalue weighted by molar-refractivity contribution is 9.10. The minimum atomic E-state index is -0.552. The maximum atomic E-state index is 11.9. The Labute approximate surface area is 153 Å². The molecule has 7 heteroatoms. The maximum absolute atomic E-state index is 11.9. The fraction of sp³-hybridized carbons (Fsp3) is 0.167. The lowest BCUT2D eigenvalue weighted by Crippen LogP contribution is -2.31. The fourth-order valence-electron chi connectivity index (χ4n) is 1.94. The van der Waals surface area contributed by atoms with Gasteiger partial charge in [-0.05, 0) is 24.3 Å². The second-order valence-electron chi connectivity index (χ2n) is 5.09. The predicted octanol–water partition coefficient (Wildman–Crippen LogP) is 3.39. The van der Waals surface area contributed by atoms with Crippen molar-refractivity contribution in [1.29, 1.82) is 0 Å². The molecule has 0 saturated carbocycles. The van der Waals surface area contributed by atoms with Crippen LogP contribution in [0.5, 0.6) is 0 Å². The van der Waals surface area contributed by atoms with E-state index in [0.29, 0.717) is 11.3 Å². The molecule has 2 aromatic carbocycles. The normalized spacial score (nSPS) is 9.96. The van der Waals surface area contributed by atoms with Crippen LogP contribution in [0.15, 0.2) is 59.1 Å². The number of rotatable bonds is 7. The van der Waals surface area contributed by atoms with Crippen molar-refractivity contribution in [1.82, 2.24) is 5.32 Å². The first-order valence-electron chi connectivity index (χ1n) is 7.59. The predicted molar refractivity (Wildman–Crippen MR) is 97.5 cm³/mol. The average Bonchev–Trinajstić information content (AvgIpc) is 2.60. The highest BCUT2D eigenvalue weighted by atomic mass is 79.9. The average molecular weight is 405 g/mol. The van der Waals surface area contributed by atoms with Crippen molar-refractivity contribution in [2.75, 3.05) is 18.5 Å². The summed E-state index contributed by atoms with van der Waals surface area (Å²) in [6.45, 7) is -0.214. The highest BCUT2D eigenvalue weighted by Crippen LogP contribution is 2.12. The second-order valence-corrected chi connectivity index (χ2v) is 6.01. The fourth-order valence-corrected chi connectivity index (χ4v) is 2.34. The van der Waals surface area contributed by atoms with E-state index in [1.807, 2.05) is 6.07 Å². The number of para-hydroxylation sites is 1. The largest absolute Gasteiger partial charge is 0.457 e. The summed E-state index contributed by atoms with van der Waals surface area (Å²) in [7, 11) is 0. The minimum Gasteiger partial charge on any atom is -0.457 e. The summed E-state index contributed by atoms with van der Waals surface area (Å²) in [4.78, 5) is 35.2. The zero-order chi connectivity index (χ0) is 18.1. The van der Waals surface area contributed by atoms with Crippen molar-refractivity contribution in [2.24, 2.45) is 0 Å². The lowest BCUT2D eigenvalue weighted by atomic mass is 10.1. The number of carbonyl (C=O) groups is 3. The Morgan fingerprint density at radius 2 is 1.76 bits per heavy atom. The molecule has 130 valence electrons. The summed E-state index contributed by atoms with van der Waals surface area (Å²) in [5.41, 5.74) is 1.12. The number of benzene rings is 2. The summed E-state index contributed by atoms with van der Waals surface area (Å²) in [5, 5.41) is 5.18. The first-order chi connectivity index (χ1) is 12.0. The Balaban J connectivity index is 1.65. The molecule has 2 aromatic rings. The van der Waals surface area contributed by atoms with Crippen LogP contribution in [0.2, 0.25) is 0 Å². The third-order valence-corrected chi connectivity index (χ3v) is 3.65. The van der Waals surface area contributed by atoms with Gasteiger partial charge in [0, 0.05) is 22.3 Å². The topological polar surface area (TPSA) is 84.5 Å². The number of halogens is 1. The molecule has 0 aliphatic rings. The van der Waals surface area contributed by atoms with Crippen LogP contribution >= 0.6 is 15.9 Å². The second kappa shape index (κ2) is 9.58. The maximum Gasteiger partial charge on any atom is 0.319 e. The number of amides is 2. The molecular weight excluding hydrogens is 388 g/mol. The number of anilines is 1. The molecule has 0 atom stereocenters. The van der Waals surface area contributed by atoms with E-state index in [2.05, 4.69) is 26.6 Å². The van der Waals surface area contributed by atoms with Crippen LogP contribution in [0.4, 0.5) is 10.5 Å². The van der Waals surface area contributed by atoms with Gasteiger partial charge in [-0.15, -0.1) is 0 Å². The van der Waals surface area contributed by atoms with Crippen LogP contribution in [0.1, 0.15) is 16.8 Å². The minimum absolute atomic E-state index is 0.0199. The molecule has 0 aliphatic carbocycles. The summed E-state index contributed by atoms with van der Waals surface area (Å²) in [6.07, 6.45) is -0.0199. The van der Waals surface area contributed by atoms with Gasteiger partial charge in [0.25, 0.3) is 0 Å². The third kappa shape index (κ3) is 6.76. The van der Waals surface area contributed by atoms with Gasteiger partial charge in [0.15, 0.2) is 12.4 Å². The molecule has 0 heterocycles. The Morgan fingerprint density at radius 1 is 1.00 bits per heavy atom. The van der Waals surface area contributed by atoms with Gasteiger partial charge in [-0.25, -0.2) is 4.79 Å². The molecular formula is C18H17BrN2O4. The zero-order valence-electron chi connectivity index (χ0n) is 13.3. The quantitative estimate of drug-likeness (QED) is 0.547. The standard InChI is InChI=1S/C18H17BrN2O4/c19-14-6-4-5-13(11-14)16(22)12-25-17(23)9-10-20-18(24)21-15-7-2-1-3-8-15/h1-8,11H,9-10,12H2,(H2,20,21,24). The molecule has 6 nitrogen and oxygen atoms in total. The monoisotopic (exact) mass is 404 g/mol. The van der Waals surface area contributed by atoms with Crippen molar-refractivity contribution in [3.63, 3.8) is 0 Å². The number of ether oxygens (including phenoxy) is 1. The van der Waals surface area contributed by atoms with E-state index in [0.717, 1.165) is 4.47 Å². The van der Waals surface area contributed by atoms with Gasteiger partial charge in [-0.3, -0.25) is 9.59 Å². The van der Waals surface area contributed by atoms with Gasteiger partial charge in [-0.2, -0.15) is 0 Å². The molecule has 0 radical (unpaired) electrons. The Hall–Kier alpha value is -2.67. The molecule has 25 heavy (non-hydrogen) atoms. The van der Waals surface area contributed by atoms with E-state index in [1.54, 1.807) is 48.5 Å². The number of hydrogen-bond acceptors (Lipinski definition) is 4. The van der Waals surface area contributed by atoms with Crippen molar-refractivity contribution in [3.8, 4) is 0 Å². The summed E-state index contributed by atoms with van der Waals surface area (Å²) >= 11 is 3.28. The molecule has 0 aliphatic heterocycles. The number of ketones is 1. The van der Waals surface area contributed by atoms with Gasteiger partial charge >= 0.3 is 12.0 Å². The van der Waals surface area contributed by atoms with E-state index >= 15 is 0 Å². The number of carbonyl (C=O) groups excluding carboxylic acids is 3. The number of esters is 1. The van der Waals surface area contributed by atoms with Crippen LogP contribution in [0.3, 0.4) is 0 Å². The van der Waals surface area contributed by atoms with Crippen LogP contribution in [0, 0.1) is 0 Å². The lowest BCUT2D eigenvalue weighted by molar-refractivity contribution is -0.142. The highest BCUT2D eigenvalue weighted by Gasteiger charge is 2.10. The van der Waals surface area contributed by atoms with Gasteiger partial charge in [0.2, 0.25) is 0 Å².